The van der Waals surface area contributed by atoms with Gasteiger partial charge in [-0.3, -0.25) is 5.10 Å². The number of nitrogen functional groups attached to an aromatic ring is 1. The van der Waals surface area contributed by atoms with E-state index in [1.54, 1.807) is 0 Å². The van der Waals surface area contributed by atoms with Crippen molar-refractivity contribution in [3.63, 3.8) is 0 Å². The first-order valence-electron chi connectivity index (χ1n) is 1.34. The van der Waals surface area contributed by atoms with Crippen LogP contribution >= 0.6 is 0 Å². The molecule has 4 N–H and O–H groups in total. The van der Waals surface area contributed by atoms with Crippen LogP contribution in [0.5, 0.6) is 0 Å². The Labute approximate surface area is 57.9 Å². The molecule has 7 heteroatoms. The number of hydrogen-bond acceptors (Lipinski definition) is 4. The van der Waals surface area contributed by atoms with Crippen molar-refractivity contribution in [2.75, 3.05) is 5.73 Å². The SMILES string of the molecule is Nc1nnn[n-]1.O.[Zn]. The molecule has 1 aromatic heterocycles. The summed E-state index contributed by atoms with van der Waals surface area (Å²) in [5.41, 5.74) is 4.93. The quantitative estimate of drug-likeness (QED) is 0.433. The second kappa shape index (κ2) is 4.61. The molecule has 0 aliphatic carbocycles. The average Bonchev–Trinajstić information content (AvgIpc) is 1.86. The smallest absolute Gasteiger partial charge is 0.0924 e. The summed E-state index contributed by atoms with van der Waals surface area (Å²) in [6, 6.07) is 0. The molecule has 0 amide bonds. The number of tetrazole rings is 1. The Morgan fingerprint density at radius 1 is 1.50 bits per heavy atom. The standard InChI is InChI=1S/CH2N5.H2O.Zn/c2-1-3-5-6-4-1;;/h(H2-,2,3,4,5,6);1H2;/q-1;;. The van der Waals surface area contributed by atoms with Gasteiger partial charge in [0.2, 0.25) is 0 Å². The number of anilines is 1. The third-order valence-corrected chi connectivity index (χ3v) is 0.334. The number of aromatic nitrogens is 4. The summed E-state index contributed by atoms with van der Waals surface area (Å²) < 4.78 is 0. The molecule has 0 radical (unpaired) electrons. The van der Waals surface area contributed by atoms with Gasteiger partial charge in [0, 0.05) is 19.5 Å². The Bertz CT molecular complexity index is 116. The molecule has 0 spiro atoms. The van der Waals surface area contributed by atoms with Crippen LogP contribution in [0.1, 0.15) is 0 Å². The van der Waals surface area contributed by atoms with Gasteiger partial charge in [0.05, 0.1) is 5.95 Å². The van der Waals surface area contributed by atoms with Crippen LogP contribution < -0.4 is 10.8 Å². The topological polar surface area (TPSA) is 110 Å². The van der Waals surface area contributed by atoms with E-state index in [9.17, 15) is 0 Å². The maximum absolute atomic E-state index is 4.93. The summed E-state index contributed by atoms with van der Waals surface area (Å²) in [7, 11) is 0. The van der Waals surface area contributed by atoms with Gasteiger partial charge < -0.3 is 11.2 Å². The molecular formula is CH4N5OZn-. The van der Waals surface area contributed by atoms with Gasteiger partial charge in [-0.2, -0.15) is 5.21 Å². The zero-order valence-electron chi connectivity index (χ0n) is 4.07. The Morgan fingerprint density at radius 2 is 2.12 bits per heavy atom. The van der Waals surface area contributed by atoms with Crippen molar-refractivity contribution < 1.29 is 25.0 Å². The van der Waals surface area contributed by atoms with Gasteiger partial charge in [-0.05, 0) is 0 Å². The maximum Gasteiger partial charge on any atom is 0.0924 e. The first-order chi connectivity index (χ1) is 2.89. The van der Waals surface area contributed by atoms with Gasteiger partial charge in [0.25, 0.3) is 0 Å². The number of nitrogens with two attached hydrogens (primary N) is 1. The van der Waals surface area contributed by atoms with Crippen LogP contribution in [0.3, 0.4) is 0 Å². The zero-order valence-corrected chi connectivity index (χ0v) is 7.04. The van der Waals surface area contributed by atoms with Crippen molar-refractivity contribution in [1.29, 1.82) is 0 Å². The molecule has 8 heavy (non-hydrogen) atoms. The van der Waals surface area contributed by atoms with E-state index >= 15 is 0 Å². The van der Waals surface area contributed by atoms with Crippen molar-refractivity contribution in [3.05, 3.63) is 0 Å². The van der Waals surface area contributed by atoms with Gasteiger partial charge in [0.15, 0.2) is 0 Å². The summed E-state index contributed by atoms with van der Waals surface area (Å²) in [5, 5.41) is 12.6. The van der Waals surface area contributed by atoms with E-state index in [4.69, 9.17) is 5.73 Å². The van der Waals surface area contributed by atoms with Gasteiger partial charge >= 0.3 is 0 Å². The van der Waals surface area contributed by atoms with Crippen molar-refractivity contribution in [3.8, 4) is 0 Å². The Balaban J connectivity index is 0. The molecule has 1 rings (SSSR count). The minimum atomic E-state index is 0. The molecule has 0 fully saturated rings. The fourth-order valence-corrected chi connectivity index (χ4v) is 0.152. The molecule has 0 atom stereocenters. The van der Waals surface area contributed by atoms with Crippen LogP contribution in [0.25, 0.3) is 0 Å². The summed E-state index contributed by atoms with van der Waals surface area (Å²) in [5.74, 6) is 0.120. The predicted octanol–water partition coefficient (Wildman–Crippen LogP) is -2.42. The van der Waals surface area contributed by atoms with Crippen LogP contribution in [0.4, 0.5) is 5.95 Å². The number of hydrogen-bond donors (Lipinski definition) is 1. The van der Waals surface area contributed by atoms with Crippen molar-refractivity contribution in [1.82, 2.24) is 20.6 Å². The third kappa shape index (κ3) is 2.60. The van der Waals surface area contributed by atoms with Crippen LogP contribution in [-0.2, 0) is 19.5 Å². The van der Waals surface area contributed by atoms with Crippen molar-refractivity contribution in [2.45, 2.75) is 0 Å². The van der Waals surface area contributed by atoms with Gasteiger partial charge in [-0.25, -0.2) is 5.10 Å². The molecule has 0 unspecified atom stereocenters. The summed E-state index contributed by atoms with van der Waals surface area (Å²) in [4.78, 5) is 0. The number of nitrogens with zero attached hydrogens (tertiary/aromatic N) is 4. The molecule has 1 heterocycles. The molecule has 0 saturated carbocycles. The summed E-state index contributed by atoms with van der Waals surface area (Å²) in [6.07, 6.45) is 0. The molecule has 0 saturated heterocycles. The largest absolute Gasteiger partial charge is 0.430 e. The van der Waals surface area contributed by atoms with Gasteiger partial charge in [0.1, 0.15) is 0 Å². The molecule has 1 aromatic rings. The summed E-state index contributed by atoms with van der Waals surface area (Å²) >= 11 is 0. The Kier molecular flexibility index (Phi) is 6.01. The average molecular weight is 167 g/mol. The molecular weight excluding hydrogens is 163 g/mol. The zero-order chi connectivity index (χ0) is 4.41. The molecule has 0 aliphatic rings. The van der Waals surface area contributed by atoms with E-state index in [2.05, 4.69) is 20.6 Å². The molecule has 6 nitrogen and oxygen atoms in total. The van der Waals surface area contributed by atoms with E-state index in [1.165, 1.54) is 0 Å². The first kappa shape index (κ1) is 10.4. The molecule has 0 bridgehead atoms. The number of rotatable bonds is 0. The van der Waals surface area contributed by atoms with Crippen LogP contribution in [-0.4, -0.2) is 21.0 Å². The van der Waals surface area contributed by atoms with Crippen LogP contribution in [0.15, 0.2) is 0 Å². The van der Waals surface area contributed by atoms with E-state index in [0.29, 0.717) is 0 Å². The second-order valence-electron chi connectivity index (χ2n) is 0.737. The minimum Gasteiger partial charge on any atom is -0.430 e. The van der Waals surface area contributed by atoms with Crippen LogP contribution in [0.2, 0.25) is 0 Å². The third-order valence-electron chi connectivity index (χ3n) is 0.334. The molecule has 0 aliphatic heterocycles. The van der Waals surface area contributed by atoms with Gasteiger partial charge in [-0.15, -0.1) is 5.21 Å². The van der Waals surface area contributed by atoms with Crippen molar-refractivity contribution >= 4 is 5.95 Å². The minimum absolute atomic E-state index is 0. The van der Waals surface area contributed by atoms with E-state index < -0.39 is 0 Å². The molecule has 42 valence electrons. The van der Waals surface area contributed by atoms with Crippen LogP contribution in [0, 0.1) is 0 Å². The van der Waals surface area contributed by atoms with Gasteiger partial charge in [-0.1, -0.05) is 0 Å². The monoisotopic (exact) mass is 166 g/mol. The maximum atomic E-state index is 4.93. The van der Waals surface area contributed by atoms with E-state index in [-0.39, 0.29) is 30.9 Å². The van der Waals surface area contributed by atoms with Crippen molar-refractivity contribution in [2.24, 2.45) is 0 Å². The second-order valence-corrected chi connectivity index (χ2v) is 0.737. The fourth-order valence-electron chi connectivity index (χ4n) is 0.152. The normalized spacial score (nSPS) is 6.50. The molecule has 0 aromatic carbocycles. The summed E-state index contributed by atoms with van der Waals surface area (Å²) in [6.45, 7) is 0. The van der Waals surface area contributed by atoms with E-state index in [1.807, 2.05) is 0 Å². The predicted molar refractivity (Wildman–Crippen MR) is 21.2 cm³/mol. The fraction of sp³-hybridized carbons (Fsp3) is 0. The van der Waals surface area contributed by atoms with E-state index in [0.717, 1.165) is 0 Å². The first-order valence-corrected chi connectivity index (χ1v) is 1.34. The Morgan fingerprint density at radius 3 is 2.25 bits per heavy atom. The Hall–Kier alpha value is -0.547.